The van der Waals surface area contributed by atoms with Crippen molar-refractivity contribution in [1.82, 2.24) is 0 Å². The highest BCUT2D eigenvalue weighted by Crippen LogP contribution is 1.66. The molecule has 24 valence electrons. The summed E-state index contributed by atoms with van der Waals surface area (Å²) in [6.07, 6.45) is 0. The van der Waals surface area contributed by atoms with E-state index < -0.39 is 0 Å². The first-order valence-electron chi connectivity index (χ1n) is 1.64. The van der Waals surface area contributed by atoms with Crippen molar-refractivity contribution in [2.45, 2.75) is 6.90 Å². The van der Waals surface area contributed by atoms with E-state index in [0.717, 1.165) is 0 Å². The van der Waals surface area contributed by atoms with Gasteiger partial charge >= 0.3 is 0 Å². The van der Waals surface area contributed by atoms with Crippen molar-refractivity contribution < 1.29 is 6.48 Å². The molecule has 1 N–H and O–H groups in total. The lowest BCUT2D eigenvalue weighted by Gasteiger charge is -1.68. The molecule has 4 heavy (non-hydrogen) atoms. The van der Waals surface area contributed by atoms with Gasteiger partial charge in [0.15, 0.2) is 0 Å². The molecule has 0 rings (SSSR count). The Morgan fingerprint density at radius 2 is 2.75 bits per heavy atom. The first-order valence-corrected chi connectivity index (χ1v) is 0.931. The third-order valence-electron chi connectivity index (χ3n) is 0. The number of aliphatic hydroxyl groups is 1. The average Bonchev–Trinajstić information content (AvgIpc) is 1.38. The molecule has 0 aliphatic carbocycles. The highest BCUT2D eigenvalue weighted by molar-refractivity contribution is 4.67. The minimum Gasteiger partial charge on any atom is -0.513 e. The molecule has 0 unspecified atom stereocenters. The van der Waals surface area contributed by atoms with Crippen LogP contribution in [-0.4, -0.2) is 5.11 Å². The Bertz CT molecular complexity index is 42.2. The molecule has 0 aliphatic heterocycles. The summed E-state index contributed by atoms with van der Waals surface area (Å²) in [4.78, 5) is 0. The highest BCUT2D eigenvalue weighted by atomic mass is 16.3. The van der Waals surface area contributed by atoms with Gasteiger partial charge in [0.25, 0.3) is 0 Å². The maximum Gasteiger partial charge on any atom is 0.0820 e. The van der Waals surface area contributed by atoms with Gasteiger partial charge in [-0.2, -0.15) is 0 Å². The number of allylic oxidation sites excluding steroid dienone is 1. The van der Waals surface area contributed by atoms with E-state index in [2.05, 4.69) is 6.58 Å². The first kappa shape index (κ1) is 1.82. The van der Waals surface area contributed by atoms with Gasteiger partial charge in [0.2, 0.25) is 0 Å². The second-order valence-electron chi connectivity index (χ2n) is 0.566. The van der Waals surface area contributed by atoms with E-state index in [0.29, 0.717) is 0 Å². The van der Waals surface area contributed by atoms with E-state index >= 15 is 0 Å². The summed E-state index contributed by atoms with van der Waals surface area (Å²) in [6.45, 7) is 2.96. The Hall–Kier alpha value is -0.460. The summed E-state index contributed by atoms with van der Waals surface area (Å²) < 4.78 is 6.31. The molecule has 1 nitrogen and oxygen atoms in total. The van der Waals surface area contributed by atoms with Crippen molar-refractivity contribution in [3.8, 4) is 0 Å². The summed E-state index contributed by atoms with van der Waals surface area (Å²) in [5.41, 5.74) is 0. The van der Waals surface area contributed by atoms with Crippen LogP contribution in [0.15, 0.2) is 12.3 Å². The van der Waals surface area contributed by atoms with Gasteiger partial charge in [0.05, 0.1) is 5.76 Å². The molecule has 0 atom stereocenters. The zero-order valence-corrected chi connectivity index (χ0v) is 2.36. The van der Waals surface area contributed by atoms with Crippen LogP contribution < -0.4 is 0 Å². The third kappa shape index (κ3) is 2.12. The van der Waals surface area contributed by atoms with Gasteiger partial charge in [-0.25, -0.2) is 0 Å². The molecule has 1 heteroatoms. The van der Waals surface area contributed by atoms with E-state index in [-0.39, 0.29) is 12.7 Å². The Labute approximate surface area is 27.0 Å². The van der Waals surface area contributed by atoms with Crippen LogP contribution in [0.25, 0.3) is 0 Å². The van der Waals surface area contributed by atoms with E-state index in [4.69, 9.17) is 6.48 Å². The normalized spacial score (nSPS) is 9.50. The minimum absolute atomic E-state index is 0.0787. The Morgan fingerprint density at radius 1 is 2.50 bits per heavy atom. The van der Waals surface area contributed by atoms with Crippen LogP contribution in [0.4, 0.5) is 0 Å². The zero-order chi connectivity index (χ0) is 4.28. The lowest BCUT2D eigenvalue weighted by atomic mass is 10.7. The largest absolute Gasteiger partial charge is 0.513 e. The molecular formula is C3H6O. The molecule has 0 bridgehead atoms. The van der Waals surface area contributed by atoms with E-state index in [1.165, 1.54) is 0 Å². The van der Waals surface area contributed by atoms with Crippen LogP contribution >= 0.6 is 0 Å². The summed E-state index contributed by atoms with van der Waals surface area (Å²) in [5, 5.41) is 7.98. The molecule has 0 aromatic carbocycles. The van der Waals surface area contributed by atoms with Crippen LogP contribution in [0, 0.1) is 0 Å². The summed E-state index contributed by atoms with van der Waals surface area (Å²) in [6, 6.07) is 0. The smallest absolute Gasteiger partial charge is 0.0820 e. The van der Waals surface area contributed by atoms with Gasteiger partial charge in [0.1, 0.15) is 0 Å². The molecule has 0 heterocycles. The van der Waals surface area contributed by atoms with Gasteiger partial charge in [-0.05, 0) is 6.90 Å². The molecule has 0 saturated carbocycles. The Balaban J connectivity index is 2.85. The van der Waals surface area contributed by atoms with E-state index in [1.54, 1.807) is 0 Å². The van der Waals surface area contributed by atoms with E-state index in [9.17, 15) is 0 Å². The van der Waals surface area contributed by atoms with Crippen molar-refractivity contribution in [2.24, 2.45) is 0 Å². The van der Waals surface area contributed by atoms with Gasteiger partial charge in [0, 0.05) is 1.37 Å². The lowest BCUT2D eigenvalue weighted by molar-refractivity contribution is 0.417. The van der Waals surface area contributed by atoms with Crippen molar-refractivity contribution in [3.63, 3.8) is 0 Å². The maximum absolute atomic E-state index is 7.98. The number of hydrogen-bond donors (Lipinski definition) is 1. The molecule has 0 amide bonds. The first-order chi connectivity index (χ1) is 2.27. The minimum atomic E-state index is -0.0833. The SMILES string of the molecule is [2H]CC(=C)O. The zero-order valence-electron chi connectivity index (χ0n) is 3.36. The van der Waals surface area contributed by atoms with Crippen molar-refractivity contribution in [3.05, 3.63) is 12.3 Å². The number of rotatable bonds is 0. The van der Waals surface area contributed by atoms with Crippen LogP contribution in [0.5, 0.6) is 0 Å². The fraction of sp³-hybridized carbons (Fsp3) is 0.333. The Kier molecular flexibility index (Phi) is 0.425. The maximum atomic E-state index is 7.98. The van der Waals surface area contributed by atoms with Crippen LogP contribution in [0.1, 0.15) is 8.27 Å². The van der Waals surface area contributed by atoms with Crippen LogP contribution in [-0.2, 0) is 0 Å². The van der Waals surface area contributed by atoms with Gasteiger partial charge in [-0.3, -0.25) is 0 Å². The predicted octanol–water partition coefficient (Wildman–Crippen LogP) is 1.08. The number of hydrogen-bond acceptors (Lipinski definition) is 1. The second-order valence-corrected chi connectivity index (χ2v) is 0.566. The molecule has 0 radical (unpaired) electrons. The van der Waals surface area contributed by atoms with Gasteiger partial charge < -0.3 is 5.11 Å². The van der Waals surface area contributed by atoms with Crippen molar-refractivity contribution in [2.75, 3.05) is 0 Å². The summed E-state index contributed by atoms with van der Waals surface area (Å²) in [7, 11) is 0. The molecular weight excluding hydrogens is 52.0 g/mol. The number of aliphatic hydroxyl groups excluding tert-OH is 1. The topological polar surface area (TPSA) is 20.2 Å². The Morgan fingerprint density at radius 3 is 2.75 bits per heavy atom. The van der Waals surface area contributed by atoms with E-state index in [1.807, 2.05) is 0 Å². The monoisotopic (exact) mass is 59.0 g/mol. The fourth-order valence-electron chi connectivity index (χ4n) is 0. The molecule has 0 aliphatic rings. The van der Waals surface area contributed by atoms with Crippen molar-refractivity contribution in [1.29, 1.82) is 0 Å². The highest BCUT2D eigenvalue weighted by Gasteiger charge is 1.53. The van der Waals surface area contributed by atoms with Crippen LogP contribution in [0.3, 0.4) is 0 Å². The average molecular weight is 59.1 g/mol. The fourth-order valence-corrected chi connectivity index (χ4v) is 0. The molecule has 0 aromatic heterocycles. The molecule has 0 fully saturated rings. The van der Waals surface area contributed by atoms with Crippen molar-refractivity contribution >= 4 is 0 Å². The quantitative estimate of drug-likeness (QED) is 0.414. The van der Waals surface area contributed by atoms with Gasteiger partial charge in [-0.15, -0.1) is 0 Å². The summed E-state index contributed by atoms with van der Waals surface area (Å²) >= 11 is 0. The van der Waals surface area contributed by atoms with Crippen LogP contribution in [0.2, 0.25) is 0 Å². The second kappa shape index (κ2) is 0.934. The molecule has 0 spiro atoms. The third-order valence-corrected chi connectivity index (χ3v) is 0. The summed E-state index contributed by atoms with van der Waals surface area (Å²) in [5.74, 6) is -0.0787. The van der Waals surface area contributed by atoms with Gasteiger partial charge in [-0.1, -0.05) is 6.58 Å². The lowest BCUT2D eigenvalue weighted by Crippen LogP contribution is -1.54. The molecule has 0 aromatic rings. The standard InChI is InChI=1S/C3H6O/c1-3(2)4/h4H,1H2,2H3/i2D. The molecule has 0 saturated heterocycles. The predicted molar refractivity (Wildman–Crippen MR) is 17.4 cm³/mol.